The fourth-order valence-corrected chi connectivity index (χ4v) is 3.43. The van der Waals surface area contributed by atoms with Gasteiger partial charge in [0.15, 0.2) is 12.3 Å². The normalized spacial score (nSPS) is 10.9. The van der Waals surface area contributed by atoms with E-state index < -0.39 is 29.7 Å². The van der Waals surface area contributed by atoms with Crippen molar-refractivity contribution in [3.63, 3.8) is 0 Å². The molecule has 1 amide bonds. The van der Waals surface area contributed by atoms with Gasteiger partial charge in [-0.3, -0.25) is 24.0 Å². The lowest BCUT2D eigenvalue weighted by Gasteiger charge is -2.24. The van der Waals surface area contributed by atoms with Gasteiger partial charge < -0.3 is 20.5 Å². The molecular weight excluding hydrogens is 454 g/mol. The van der Waals surface area contributed by atoms with Crippen LogP contribution in [0.1, 0.15) is 44.0 Å². The van der Waals surface area contributed by atoms with Gasteiger partial charge in [-0.05, 0) is 24.5 Å². The zero-order valence-electron chi connectivity index (χ0n) is 20.8. The Kier molecular flexibility index (Phi) is 10.5. The molecule has 4 N–H and O–H groups in total. The van der Waals surface area contributed by atoms with Crippen LogP contribution in [0, 0.1) is 5.92 Å². The number of nitrogens with zero attached hydrogens (tertiary/aromatic N) is 2. The molecule has 0 saturated carbocycles. The van der Waals surface area contributed by atoms with Crippen LogP contribution in [0.4, 0.5) is 17.2 Å². The molecule has 0 fully saturated rings. The molecule has 0 spiro atoms. The SMILES string of the molecule is CCCCNc1ccccc1C(=O)OCC(=O)N(CCOC)c1c(N)n(CC(C)C)c(=O)[nH]c1=O. The fourth-order valence-electron chi connectivity index (χ4n) is 3.43. The highest BCUT2D eigenvalue weighted by Gasteiger charge is 2.26. The summed E-state index contributed by atoms with van der Waals surface area (Å²) in [4.78, 5) is 54.0. The molecule has 35 heavy (non-hydrogen) atoms. The molecular formula is C24H35N5O6. The molecule has 11 heteroatoms. The largest absolute Gasteiger partial charge is 0.452 e. The highest BCUT2D eigenvalue weighted by Crippen LogP contribution is 2.19. The van der Waals surface area contributed by atoms with Crippen molar-refractivity contribution in [1.82, 2.24) is 9.55 Å². The number of para-hydroxylation sites is 1. The summed E-state index contributed by atoms with van der Waals surface area (Å²) in [6.07, 6.45) is 1.93. The Bertz CT molecular complexity index is 1120. The van der Waals surface area contributed by atoms with Gasteiger partial charge in [0.25, 0.3) is 11.5 Å². The lowest BCUT2D eigenvalue weighted by atomic mass is 10.1. The van der Waals surface area contributed by atoms with Crippen LogP contribution < -0.4 is 27.2 Å². The molecule has 2 aromatic rings. The second-order valence-corrected chi connectivity index (χ2v) is 8.44. The third-order valence-corrected chi connectivity index (χ3v) is 5.17. The van der Waals surface area contributed by atoms with E-state index in [1.165, 1.54) is 11.7 Å². The Morgan fingerprint density at radius 2 is 1.94 bits per heavy atom. The number of esters is 1. The number of H-pyrrole nitrogens is 1. The number of anilines is 3. The highest BCUT2D eigenvalue weighted by atomic mass is 16.5. The number of carbonyl (C=O) groups is 2. The van der Waals surface area contributed by atoms with Gasteiger partial charge in [-0.25, -0.2) is 9.59 Å². The summed E-state index contributed by atoms with van der Waals surface area (Å²) < 4.78 is 11.6. The lowest BCUT2D eigenvalue weighted by Crippen LogP contribution is -2.44. The minimum Gasteiger partial charge on any atom is -0.452 e. The van der Waals surface area contributed by atoms with Crippen molar-refractivity contribution in [3.05, 3.63) is 50.7 Å². The number of methoxy groups -OCH3 is 1. The number of hydrogen-bond donors (Lipinski definition) is 3. The van der Waals surface area contributed by atoms with Crippen LogP contribution in [-0.4, -0.2) is 54.8 Å². The van der Waals surface area contributed by atoms with Crippen molar-refractivity contribution in [2.75, 3.05) is 49.4 Å². The number of nitrogens with one attached hydrogen (secondary N) is 2. The molecule has 11 nitrogen and oxygen atoms in total. The van der Waals surface area contributed by atoms with Gasteiger partial charge in [0.1, 0.15) is 5.82 Å². The summed E-state index contributed by atoms with van der Waals surface area (Å²) in [6, 6.07) is 6.86. The fraction of sp³-hybridized carbons (Fsp3) is 0.500. The van der Waals surface area contributed by atoms with E-state index in [1.54, 1.807) is 24.3 Å². The number of nitrogen functional groups attached to an aromatic ring is 1. The maximum atomic E-state index is 13.1. The maximum Gasteiger partial charge on any atom is 0.340 e. The van der Waals surface area contributed by atoms with Crippen LogP contribution in [0.5, 0.6) is 0 Å². The Morgan fingerprint density at radius 3 is 2.60 bits per heavy atom. The van der Waals surface area contributed by atoms with Crippen molar-refractivity contribution in [3.8, 4) is 0 Å². The number of nitrogens with two attached hydrogens (primary N) is 1. The number of rotatable bonds is 13. The first kappa shape index (κ1) is 27.6. The number of amides is 1. The van der Waals surface area contributed by atoms with E-state index in [1.807, 2.05) is 13.8 Å². The van der Waals surface area contributed by atoms with Crippen LogP contribution >= 0.6 is 0 Å². The van der Waals surface area contributed by atoms with E-state index in [-0.39, 0.29) is 37.1 Å². The number of aromatic nitrogens is 2. The van der Waals surface area contributed by atoms with Crippen LogP contribution in [0.15, 0.2) is 33.9 Å². The first-order chi connectivity index (χ1) is 16.7. The zero-order valence-corrected chi connectivity index (χ0v) is 20.8. The number of hydrogen-bond acceptors (Lipinski definition) is 8. The van der Waals surface area contributed by atoms with E-state index in [0.29, 0.717) is 17.8 Å². The Morgan fingerprint density at radius 1 is 1.23 bits per heavy atom. The molecule has 1 heterocycles. The van der Waals surface area contributed by atoms with Gasteiger partial charge in [-0.15, -0.1) is 0 Å². The molecule has 0 radical (unpaired) electrons. The quantitative estimate of drug-likeness (QED) is 0.285. The monoisotopic (exact) mass is 489 g/mol. The molecule has 1 aromatic heterocycles. The standard InChI is InChI=1S/C24H35N5O6/c1-5-6-11-26-18-10-8-7-9-17(18)23(32)35-15-19(30)28(12-13-34-4)20-21(25)29(14-16(2)3)24(33)27-22(20)31/h7-10,16,26H,5-6,11-15,25H2,1-4H3,(H,27,31,33). The lowest BCUT2D eigenvalue weighted by molar-refractivity contribution is -0.121. The number of benzene rings is 1. The topological polar surface area (TPSA) is 149 Å². The van der Waals surface area contributed by atoms with E-state index >= 15 is 0 Å². The molecule has 0 aliphatic heterocycles. The molecule has 1 aromatic carbocycles. The number of unbranched alkanes of at least 4 members (excludes halogenated alkanes) is 1. The maximum absolute atomic E-state index is 13.1. The molecule has 0 bridgehead atoms. The third-order valence-electron chi connectivity index (χ3n) is 5.17. The molecule has 0 unspecified atom stereocenters. The van der Waals surface area contributed by atoms with Crippen LogP contribution in [-0.2, 0) is 20.8 Å². The highest BCUT2D eigenvalue weighted by molar-refractivity contribution is 6.00. The predicted octanol–water partition coefficient (Wildman–Crippen LogP) is 1.82. The molecule has 0 atom stereocenters. The molecule has 2 rings (SSSR count). The summed E-state index contributed by atoms with van der Waals surface area (Å²) in [5.74, 6) is -1.45. The van der Waals surface area contributed by atoms with Gasteiger partial charge in [-0.1, -0.05) is 39.3 Å². The first-order valence-electron chi connectivity index (χ1n) is 11.6. The minimum absolute atomic E-state index is 0.0325. The Labute approximate surface area is 204 Å². The summed E-state index contributed by atoms with van der Waals surface area (Å²) in [5, 5.41) is 3.19. The summed E-state index contributed by atoms with van der Waals surface area (Å²) in [6.45, 7) is 6.21. The number of carbonyl (C=O) groups excluding carboxylic acids is 2. The van der Waals surface area contributed by atoms with Crippen molar-refractivity contribution in [1.29, 1.82) is 0 Å². The molecule has 192 valence electrons. The van der Waals surface area contributed by atoms with Crippen LogP contribution in [0.3, 0.4) is 0 Å². The van der Waals surface area contributed by atoms with E-state index in [0.717, 1.165) is 17.7 Å². The van der Waals surface area contributed by atoms with E-state index in [4.69, 9.17) is 15.2 Å². The molecule has 0 saturated heterocycles. The predicted molar refractivity (Wildman–Crippen MR) is 135 cm³/mol. The number of aromatic amines is 1. The zero-order chi connectivity index (χ0) is 26.0. The number of ether oxygens (including phenoxy) is 2. The second-order valence-electron chi connectivity index (χ2n) is 8.44. The second kappa shape index (κ2) is 13.3. The van der Waals surface area contributed by atoms with E-state index in [9.17, 15) is 19.2 Å². The van der Waals surface area contributed by atoms with Gasteiger partial charge in [0.2, 0.25) is 0 Å². The Balaban J connectivity index is 2.28. The average Bonchev–Trinajstić information content (AvgIpc) is 2.82. The van der Waals surface area contributed by atoms with Crippen molar-refractivity contribution in [2.45, 2.75) is 40.2 Å². The van der Waals surface area contributed by atoms with Gasteiger partial charge in [-0.2, -0.15) is 0 Å². The van der Waals surface area contributed by atoms with Gasteiger partial charge in [0.05, 0.1) is 12.2 Å². The third kappa shape index (κ3) is 7.44. The van der Waals surface area contributed by atoms with Crippen molar-refractivity contribution >= 4 is 29.1 Å². The summed E-state index contributed by atoms with van der Waals surface area (Å²) >= 11 is 0. The van der Waals surface area contributed by atoms with E-state index in [2.05, 4.69) is 17.2 Å². The van der Waals surface area contributed by atoms with Crippen molar-refractivity contribution in [2.24, 2.45) is 5.92 Å². The molecule has 0 aliphatic rings. The van der Waals surface area contributed by atoms with Gasteiger partial charge >= 0.3 is 11.7 Å². The Hall–Kier alpha value is -3.60. The van der Waals surface area contributed by atoms with Crippen LogP contribution in [0.25, 0.3) is 0 Å². The summed E-state index contributed by atoms with van der Waals surface area (Å²) in [5.41, 5.74) is 5.40. The molecule has 0 aliphatic carbocycles. The van der Waals surface area contributed by atoms with Crippen LogP contribution in [0.2, 0.25) is 0 Å². The minimum atomic E-state index is -0.811. The average molecular weight is 490 g/mol. The van der Waals surface area contributed by atoms with Gasteiger partial charge in [0, 0.05) is 32.4 Å². The first-order valence-corrected chi connectivity index (χ1v) is 11.6. The van der Waals surface area contributed by atoms with Crippen molar-refractivity contribution < 1.29 is 19.1 Å². The summed E-state index contributed by atoms with van der Waals surface area (Å²) in [7, 11) is 1.44. The smallest absolute Gasteiger partial charge is 0.340 e.